The molecule has 0 unspecified atom stereocenters. The van der Waals surface area contributed by atoms with Crippen molar-refractivity contribution < 1.29 is 13.9 Å². The van der Waals surface area contributed by atoms with Gasteiger partial charge in [0.2, 0.25) is 5.82 Å². The first-order valence-electron chi connectivity index (χ1n) is 5.19. The molecule has 0 saturated heterocycles. The smallest absolute Gasteiger partial charge is 0.374 e. The number of ether oxygens (including phenoxy) is 1. The van der Waals surface area contributed by atoms with Crippen LogP contribution in [0.1, 0.15) is 17.5 Å². The Balaban J connectivity index is 2.69. The molecule has 2 radical (unpaired) electrons. The van der Waals surface area contributed by atoms with Crippen LogP contribution >= 0.6 is 0 Å². The molecular formula is C11H8BFN2O3. The average molecular weight is 246 g/mol. The van der Waals surface area contributed by atoms with Gasteiger partial charge in [-0.2, -0.15) is 0 Å². The zero-order chi connectivity index (χ0) is 13.3. The highest BCUT2D eigenvalue weighted by molar-refractivity contribution is 6.38. The van der Waals surface area contributed by atoms with E-state index in [9.17, 15) is 14.0 Å². The van der Waals surface area contributed by atoms with E-state index in [4.69, 9.17) is 12.6 Å². The van der Waals surface area contributed by atoms with Crippen LogP contribution in [0.4, 0.5) is 4.39 Å². The normalized spacial score (nSPS) is 10.6. The van der Waals surface area contributed by atoms with E-state index in [0.717, 1.165) is 12.1 Å². The fourth-order valence-corrected chi connectivity index (χ4v) is 1.53. The Kier molecular flexibility index (Phi) is 3.14. The van der Waals surface area contributed by atoms with Crippen LogP contribution in [0, 0.1) is 5.82 Å². The SMILES string of the molecule is [B]c1cc(F)cc2c(=O)[nH]c(C(=O)OCC)nc12. The summed E-state index contributed by atoms with van der Waals surface area (Å²) < 4.78 is 17.8. The summed E-state index contributed by atoms with van der Waals surface area (Å²) in [4.78, 5) is 29.2. The van der Waals surface area contributed by atoms with Crippen LogP contribution in [0.15, 0.2) is 16.9 Å². The average Bonchev–Trinajstić information content (AvgIpc) is 2.30. The highest BCUT2D eigenvalue weighted by Crippen LogP contribution is 2.07. The molecule has 0 aliphatic carbocycles. The van der Waals surface area contributed by atoms with Crippen molar-refractivity contribution in [3.8, 4) is 0 Å². The lowest BCUT2D eigenvalue weighted by molar-refractivity contribution is 0.0512. The van der Waals surface area contributed by atoms with Gasteiger partial charge in [0, 0.05) is 0 Å². The van der Waals surface area contributed by atoms with Crippen molar-refractivity contribution in [3.05, 3.63) is 34.1 Å². The highest BCUT2D eigenvalue weighted by Gasteiger charge is 2.13. The Labute approximate surface area is 102 Å². The van der Waals surface area contributed by atoms with Crippen LogP contribution < -0.4 is 11.0 Å². The summed E-state index contributed by atoms with van der Waals surface area (Å²) in [6, 6.07) is 2.04. The van der Waals surface area contributed by atoms with Gasteiger partial charge in [0.25, 0.3) is 5.56 Å². The Morgan fingerprint density at radius 3 is 2.94 bits per heavy atom. The predicted octanol–water partition coefficient (Wildman–Crippen LogP) is 0.0327. The minimum atomic E-state index is -0.764. The number of aromatic nitrogens is 2. The summed E-state index contributed by atoms with van der Waals surface area (Å²) >= 11 is 0. The molecule has 90 valence electrons. The van der Waals surface area contributed by atoms with Crippen LogP contribution in [-0.4, -0.2) is 30.4 Å². The van der Waals surface area contributed by atoms with Gasteiger partial charge in [-0.25, -0.2) is 14.2 Å². The van der Waals surface area contributed by atoms with Crippen LogP contribution in [0.3, 0.4) is 0 Å². The van der Waals surface area contributed by atoms with Crippen molar-refractivity contribution >= 4 is 30.2 Å². The van der Waals surface area contributed by atoms with Gasteiger partial charge in [-0.1, -0.05) is 5.46 Å². The summed E-state index contributed by atoms with van der Waals surface area (Å²) in [7, 11) is 5.56. The molecule has 0 spiro atoms. The number of rotatable bonds is 2. The number of aromatic amines is 1. The molecular weight excluding hydrogens is 238 g/mol. The number of fused-ring (bicyclic) bond motifs is 1. The molecule has 1 aromatic heterocycles. The van der Waals surface area contributed by atoms with Crippen molar-refractivity contribution in [2.24, 2.45) is 0 Å². The number of hydrogen-bond acceptors (Lipinski definition) is 4. The first-order valence-corrected chi connectivity index (χ1v) is 5.19. The van der Waals surface area contributed by atoms with Gasteiger partial charge in [-0.05, 0) is 19.1 Å². The van der Waals surface area contributed by atoms with E-state index in [1.807, 2.05) is 0 Å². The number of carbonyl (C=O) groups is 1. The van der Waals surface area contributed by atoms with Gasteiger partial charge in [0.15, 0.2) is 0 Å². The van der Waals surface area contributed by atoms with Crippen molar-refractivity contribution in [1.29, 1.82) is 0 Å². The summed E-state index contributed by atoms with van der Waals surface area (Å²) in [5.74, 6) is -1.66. The van der Waals surface area contributed by atoms with E-state index < -0.39 is 17.3 Å². The van der Waals surface area contributed by atoms with Crippen molar-refractivity contribution in [3.63, 3.8) is 0 Å². The first-order chi connectivity index (χ1) is 8.52. The maximum atomic E-state index is 13.1. The number of benzene rings is 1. The number of carbonyl (C=O) groups excluding carboxylic acids is 1. The van der Waals surface area contributed by atoms with Crippen LogP contribution in [0.2, 0.25) is 0 Å². The second kappa shape index (κ2) is 4.60. The highest BCUT2D eigenvalue weighted by atomic mass is 19.1. The summed E-state index contributed by atoms with van der Waals surface area (Å²) in [6.45, 7) is 1.78. The summed E-state index contributed by atoms with van der Waals surface area (Å²) in [5.41, 5.74) is -0.584. The molecule has 5 nitrogen and oxygen atoms in total. The molecule has 2 aromatic rings. The number of H-pyrrole nitrogens is 1. The van der Waals surface area contributed by atoms with Gasteiger partial charge in [0.1, 0.15) is 13.7 Å². The van der Waals surface area contributed by atoms with Gasteiger partial charge >= 0.3 is 5.97 Å². The lowest BCUT2D eigenvalue weighted by atomic mass is 9.93. The molecule has 0 amide bonds. The zero-order valence-corrected chi connectivity index (χ0v) is 9.49. The minimum absolute atomic E-state index is 0.0124. The molecule has 1 N–H and O–H groups in total. The molecule has 0 aliphatic heterocycles. The predicted molar refractivity (Wildman–Crippen MR) is 63.7 cm³/mol. The summed E-state index contributed by atoms with van der Waals surface area (Å²) in [6.07, 6.45) is 0. The Bertz CT molecular complexity index is 684. The second-order valence-corrected chi connectivity index (χ2v) is 3.53. The quantitative estimate of drug-likeness (QED) is 0.599. The third kappa shape index (κ3) is 2.11. The molecule has 18 heavy (non-hydrogen) atoms. The zero-order valence-electron chi connectivity index (χ0n) is 9.49. The van der Waals surface area contributed by atoms with Gasteiger partial charge < -0.3 is 9.72 Å². The molecule has 1 heterocycles. The van der Waals surface area contributed by atoms with Crippen LogP contribution in [-0.2, 0) is 4.74 Å². The van der Waals surface area contributed by atoms with Crippen molar-refractivity contribution in [2.45, 2.75) is 6.92 Å². The largest absolute Gasteiger partial charge is 0.460 e. The second-order valence-electron chi connectivity index (χ2n) is 3.53. The standard InChI is InChI=1S/C11H8BFN2O3/c1-2-18-11(17)9-14-8-6(10(16)15-9)3-5(13)4-7(8)12/h3-4H,2H2,1H3,(H,14,15,16). The lowest BCUT2D eigenvalue weighted by Gasteiger charge is -2.05. The minimum Gasteiger partial charge on any atom is -0.460 e. The number of nitrogens with one attached hydrogen (secondary N) is 1. The molecule has 0 fully saturated rings. The maximum Gasteiger partial charge on any atom is 0.374 e. The molecule has 7 heteroatoms. The Morgan fingerprint density at radius 1 is 1.56 bits per heavy atom. The molecule has 2 rings (SSSR count). The lowest BCUT2D eigenvalue weighted by Crippen LogP contribution is -2.21. The third-order valence-electron chi connectivity index (χ3n) is 2.27. The molecule has 0 atom stereocenters. The van der Waals surface area contributed by atoms with Gasteiger partial charge in [-0.15, -0.1) is 0 Å². The number of esters is 1. The maximum absolute atomic E-state index is 13.1. The van der Waals surface area contributed by atoms with E-state index >= 15 is 0 Å². The number of nitrogens with zero attached hydrogens (tertiary/aromatic N) is 1. The number of hydrogen-bond donors (Lipinski definition) is 1. The Hall–Kier alpha value is -2.18. The van der Waals surface area contributed by atoms with E-state index in [0.29, 0.717) is 0 Å². The van der Waals surface area contributed by atoms with E-state index in [2.05, 4.69) is 9.97 Å². The van der Waals surface area contributed by atoms with Crippen molar-refractivity contribution in [1.82, 2.24) is 9.97 Å². The fourth-order valence-electron chi connectivity index (χ4n) is 1.53. The van der Waals surface area contributed by atoms with Crippen LogP contribution in [0.5, 0.6) is 0 Å². The Morgan fingerprint density at radius 2 is 2.28 bits per heavy atom. The number of halogens is 1. The topological polar surface area (TPSA) is 72.0 Å². The van der Waals surface area contributed by atoms with E-state index in [-0.39, 0.29) is 28.8 Å². The van der Waals surface area contributed by atoms with E-state index in [1.165, 1.54) is 0 Å². The van der Waals surface area contributed by atoms with Gasteiger partial charge in [0.05, 0.1) is 17.5 Å². The molecule has 1 aromatic carbocycles. The third-order valence-corrected chi connectivity index (χ3v) is 2.27. The monoisotopic (exact) mass is 246 g/mol. The fraction of sp³-hybridized carbons (Fsp3) is 0.182. The summed E-state index contributed by atoms with van der Waals surface area (Å²) in [5, 5.41) is -0.0134. The van der Waals surface area contributed by atoms with Crippen molar-refractivity contribution in [2.75, 3.05) is 6.61 Å². The van der Waals surface area contributed by atoms with Gasteiger partial charge in [-0.3, -0.25) is 4.79 Å². The first kappa shape index (κ1) is 12.3. The molecule has 0 bridgehead atoms. The molecule has 0 saturated carbocycles. The van der Waals surface area contributed by atoms with Crippen LogP contribution in [0.25, 0.3) is 10.9 Å². The van der Waals surface area contributed by atoms with E-state index in [1.54, 1.807) is 6.92 Å². The molecule has 0 aliphatic rings.